The van der Waals surface area contributed by atoms with Gasteiger partial charge in [-0.1, -0.05) is 11.6 Å². The summed E-state index contributed by atoms with van der Waals surface area (Å²) in [5.41, 5.74) is 0.825. The second kappa shape index (κ2) is 8.66. The molecule has 2 N–H and O–H groups in total. The number of halogens is 1. The zero-order valence-corrected chi connectivity index (χ0v) is 16.9. The Balaban J connectivity index is 1.45. The molecule has 2 heterocycles. The van der Waals surface area contributed by atoms with Crippen LogP contribution < -0.4 is 15.4 Å². The van der Waals surface area contributed by atoms with Gasteiger partial charge in [0.05, 0.1) is 18.0 Å². The maximum atomic E-state index is 11.2. The molecule has 7 heteroatoms. The van der Waals surface area contributed by atoms with Crippen molar-refractivity contribution in [2.45, 2.75) is 44.8 Å². The van der Waals surface area contributed by atoms with Gasteiger partial charge in [0.25, 0.3) is 0 Å². The minimum Gasteiger partial charge on any atom is -0.490 e. The SMILES string of the molecule is CC(=O)N[C@H]1CC[C@H](Oc2ccc3c(Nc4ccc(Cl)nc4)nccc3c2)CC1. The summed E-state index contributed by atoms with van der Waals surface area (Å²) >= 11 is 5.85. The van der Waals surface area contributed by atoms with Crippen LogP contribution in [0.5, 0.6) is 5.75 Å². The monoisotopic (exact) mass is 410 g/mol. The van der Waals surface area contributed by atoms with Crippen LogP contribution in [0.15, 0.2) is 48.8 Å². The molecule has 3 aromatic rings. The second-order valence-corrected chi connectivity index (χ2v) is 7.72. The van der Waals surface area contributed by atoms with Gasteiger partial charge in [-0.15, -0.1) is 0 Å². The summed E-state index contributed by atoms with van der Waals surface area (Å²) in [7, 11) is 0. The lowest BCUT2D eigenvalue weighted by atomic mass is 9.93. The molecule has 2 aromatic heterocycles. The maximum Gasteiger partial charge on any atom is 0.217 e. The molecule has 1 aliphatic carbocycles. The molecule has 29 heavy (non-hydrogen) atoms. The molecule has 4 rings (SSSR count). The molecule has 1 amide bonds. The van der Waals surface area contributed by atoms with Gasteiger partial charge in [-0.3, -0.25) is 4.79 Å². The van der Waals surface area contributed by atoms with Crippen LogP contribution in [0.1, 0.15) is 32.6 Å². The minimum absolute atomic E-state index is 0.0382. The van der Waals surface area contributed by atoms with Gasteiger partial charge >= 0.3 is 0 Å². The molecule has 0 saturated heterocycles. The van der Waals surface area contributed by atoms with E-state index in [-0.39, 0.29) is 18.1 Å². The average molecular weight is 411 g/mol. The summed E-state index contributed by atoms with van der Waals surface area (Å²) in [5, 5.41) is 8.79. The summed E-state index contributed by atoms with van der Waals surface area (Å²) in [4.78, 5) is 19.7. The van der Waals surface area contributed by atoms with Crippen molar-refractivity contribution >= 4 is 39.8 Å². The lowest BCUT2D eigenvalue weighted by molar-refractivity contribution is -0.120. The number of hydrogen-bond acceptors (Lipinski definition) is 5. The molecule has 6 nitrogen and oxygen atoms in total. The molecule has 0 aliphatic heterocycles. The van der Waals surface area contributed by atoms with Crippen molar-refractivity contribution in [1.82, 2.24) is 15.3 Å². The van der Waals surface area contributed by atoms with Gasteiger partial charge in [-0.05, 0) is 67.5 Å². The highest BCUT2D eigenvalue weighted by atomic mass is 35.5. The second-order valence-electron chi connectivity index (χ2n) is 7.33. The average Bonchev–Trinajstić information content (AvgIpc) is 2.71. The molecular formula is C22H23ClN4O2. The highest BCUT2D eigenvalue weighted by Gasteiger charge is 2.23. The number of benzene rings is 1. The van der Waals surface area contributed by atoms with Crippen LogP contribution in [0.2, 0.25) is 5.15 Å². The van der Waals surface area contributed by atoms with Crippen LogP contribution >= 0.6 is 11.6 Å². The van der Waals surface area contributed by atoms with E-state index in [0.29, 0.717) is 5.15 Å². The lowest BCUT2D eigenvalue weighted by Crippen LogP contribution is -2.38. The van der Waals surface area contributed by atoms with Crippen LogP contribution in [-0.4, -0.2) is 28.0 Å². The molecule has 0 bridgehead atoms. The Bertz CT molecular complexity index is 1000. The predicted octanol–water partition coefficient (Wildman–Crippen LogP) is 4.85. The first kappa shape index (κ1) is 19.5. The highest BCUT2D eigenvalue weighted by Crippen LogP contribution is 2.30. The number of aromatic nitrogens is 2. The van der Waals surface area contributed by atoms with Gasteiger partial charge in [-0.2, -0.15) is 0 Å². The quantitative estimate of drug-likeness (QED) is 0.588. The Labute approximate surface area is 174 Å². The number of pyridine rings is 2. The van der Waals surface area contributed by atoms with Crippen LogP contribution in [-0.2, 0) is 4.79 Å². The van der Waals surface area contributed by atoms with Crippen molar-refractivity contribution in [2.75, 3.05) is 5.32 Å². The van der Waals surface area contributed by atoms with Crippen molar-refractivity contribution < 1.29 is 9.53 Å². The highest BCUT2D eigenvalue weighted by molar-refractivity contribution is 6.29. The van der Waals surface area contributed by atoms with E-state index in [1.165, 1.54) is 0 Å². The molecular weight excluding hydrogens is 388 g/mol. The molecule has 0 radical (unpaired) electrons. The largest absolute Gasteiger partial charge is 0.490 e. The van der Waals surface area contributed by atoms with Crippen LogP contribution in [0.25, 0.3) is 10.8 Å². The molecule has 1 fully saturated rings. The zero-order valence-electron chi connectivity index (χ0n) is 16.2. The Hall–Kier alpha value is -2.86. The van der Waals surface area contributed by atoms with Crippen molar-refractivity contribution in [1.29, 1.82) is 0 Å². The van der Waals surface area contributed by atoms with E-state index < -0.39 is 0 Å². The zero-order chi connectivity index (χ0) is 20.2. The normalized spacial score (nSPS) is 19.0. The molecule has 0 spiro atoms. The van der Waals surface area contributed by atoms with Gasteiger partial charge < -0.3 is 15.4 Å². The van der Waals surface area contributed by atoms with Crippen molar-refractivity contribution in [3.05, 3.63) is 53.9 Å². The number of carbonyl (C=O) groups is 1. The Kier molecular flexibility index (Phi) is 5.81. The van der Waals surface area contributed by atoms with Gasteiger partial charge in [0.2, 0.25) is 5.91 Å². The standard InChI is InChI=1S/C22H23ClN4O2/c1-14(28)26-16-2-5-18(6-3-16)29-19-7-8-20-15(12-19)10-11-24-22(20)27-17-4-9-21(23)25-13-17/h4,7-13,16,18H,2-3,5-6H2,1H3,(H,24,27)(H,26,28)/t16-,18-. The Morgan fingerprint density at radius 3 is 2.66 bits per heavy atom. The molecule has 150 valence electrons. The first-order valence-electron chi connectivity index (χ1n) is 9.78. The lowest BCUT2D eigenvalue weighted by Gasteiger charge is -2.29. The van der Waals surface area contributed by atoms with E-state index >= 15 is 0 Å². The molecule has 0 unspecified atom stereocenters. The third kappa shape index (κ3) is 4.95. The summed E-state index contributed by atoms with van der Waals surface area (Å²) in [6.07, 6.45) is 7.41. The first-order valence-corrected chi connectivity index (χ1v) is 10.2. The fraction of sp³-hybridized carbons (Fsp3) is 0.318. The van der Waals surface area contributed by atoms with Gasteiger partial charge in [0.15, 0.2) is 0 Å². The number of nitrogens with one attached hydrogen (secondary N) is 2. The number of carbonyl (C=O) groups excluding carboxylic acids is 1. The number of rotatable bonds is 5. The van der Waals surface area contributed by atoms with Crippen LogP contribution in [0.3, 0.4) is 0 Å². The first-order chi connectivity index (χ1) is 14.1. The summed E-state index contributed by atoms with van der Waals surface area (Å²) < 4.78 is 6.21. The predicted molar refractivity (Wildman–Crippen MR) is 115 cm³/mol. The summed E-state index contributed by atoms with van der Waals surface area (Å²) in [5.74, 6) is 1.65. The maximum absolute atomic E-state index is 11.2. The number of hydrogen-bond donors (Lipinski definition) is 2. The van der Waals surface area contributed by atoms with Gasteiger partial charge in [0, 0.05) is 24.5 Å². The van der Waals surface area contributed by atoms with Crippen LogP contribution in [0.4, 0.5) is 11.5 Å². The van der Waals surface area contributed by atoms with Crippen LogP contribution in [0, 0.1) is 0 Å². The van der Waals surface area contributed by atoms with E-state index in [9.17, 15) is 4.79 Å². The third-order valence-electron chi connectivity index (χ3n) is 5.11. The topological polar surface area (TPSA) is 76.1 Å². The number of ether oxygens (including phenoxy) is 1. The summed E-state index contributed by atoms with van der Waals surface area (Å²) in [6, 6.07) is 11.9. The van der Waals surface area contributed by atoms with E-state index in [0.717, 1.165) is 53.7 Å². The smallest absolute Gasteiger partial charge is 0.217 e. The number of anilines is 2. The molecule has 1 aromatic carbocycles. The van der Waals surface area contributed by atoms with Crippen molar-refractivity contribution in [2.24, 2.45) is 0 Å². The third-order valence-corrected chi connectivity index (χ3v) is 5.33. The molecule has 1 saturated carbocycles. The van der Waals surface area contributed by atoms with Crippen molar-refractivity contribution in [3.63, 3.8) is 0 Å². The van der Waals surface area contributed by atoms with E-state index in [1.54, 1.807) is 25.4 Å². The molecule has 1 aliphatic rings. The Morgan fingerprint density at radius 2 is 1.93 bits per heavy atom. The van der Waals surface area contributed by atoms with Gasteiger partial charge in [-0.25, -0.2) is 9.97 Å². The Morgan fingerprint density at radius 1 is 1.10 bits per heavy atom. The van der Waals surface area contributed by atoms with E-state index in [1.807, 2.05) is 30.3 Å². The van der Waals surface area contributed by atoms with Crippen molar-refractivity contribution in [3.8, 4) is 5.75 Å². The van der Waals surface area contributed by atoms with E-state index in [2.05, 4.69) is 20.6 Å². The minimum atomic E-state index is 0.0382. The van der Waals surface area contributed by atoms with Gasteiger partial charge in [0.1, 0.15) is 16.7 Å². The fourth-order valence-electron chi connectivity index (χ4n) is 3.72. The fourth-order valence-corrected chi connectivity index (χ4v) is 3.83. The summed E-state index contributed by atoms with van der Waals surface area (Å²) in [6.45, 7) is 1.57. The number of fused-ring (bicyclic) bond motifs is 1. The van der Waals surface area contributed by atoms with E-state index in [4.69, 9.17) is 16.3 Å². The number of amides is 1. The number of nitrogens with zero attached hydrogens (tertiary/aromatic N) is 2. The molecule has 0 atom stereocenters.